The number of piperazine rings is 1. The molecule has 1 aliphatic heterocycles. The Balaban J connectivity index is 1.69. The lowest BCUT2D eigenvalue weighted by Crippen LogP contribution is -2.52. The number of benzene rings is 1. The molecule has 8 heteroatoms. The number of alkyl carbamates (subject to hydrolysis) is 1. The third kappa shape index (κ3) is 7.17. The fourth-order valence-electron chi connectivity index (χ4n) is 2.84. The number of rotatable bonds is 5. The Morgan fingerprint density at radius 1 is 1.00 bits per heavy atom. The minimum absolute atomic E-state index is 0.0169. The molecular formula is C20H28FN3O4. The third-order valence-electron chi connectivity index (χ3n) is 4.31. The third-order valence-corrected chi connectivity index (χ3v) is 4.31. The molecule has 3 amide bonds. The molecule has 1 aromatic rings. The Hall–Kier alpha value is -2.64. The maximum Gasteiger partial charge on any atom is 0.408 e. The predicted octanol–water partition coefficient (Wildman–Crippen LogP) is 1.95. The molecule has 2 rings (SSSR count). The zero-order valence-electron chi connectivity index (χ0n) is 16.7. The molecule has 0 bridgehead atoms. The normalized spacial score (nSPS) is 14.6. The van der Waals surface area contributed by atoms with Crippen molar-refractivity contribution in [3.63, 3.8) is 0 Å². The summed E-state index contributed by atoms with van der Waals surface area (Å²) < 4.78 is 18.0. The summed E-state index contributed by atoms with van der Waals surface area (Å²) in [4.78, 5) is 39.5. The van der Waals surface area contributed by atoms with Crippen LogP contribution in [0.1, 0.15) is 32.8 Å². The average molecular weight is 393 g/mol. The van der Waals surface area contributed by atoms with Crippen molar-refractivity contribution in [3.8, 4) is 0 Å². The van der Waals surface area contributed by atoms with Crippen molar-refractivity contribution >= 4 is 17.9 Å². The molecule has 0 aromatic heterocycles. The fourth-order valence-corrected chi connectivity index (χ4v) is 2.84. The topological polar surface area (TPSA) is 79.0 Å². The van der Waals surface area contributed by atoms with Crippen molar-refractivity contribution < 1.29 is 23.5 Å². The Bertz CT molecular complexity index is 692. The summed E-state index contributed by atoms with van der Waals surface area (Å²) in [6.07, 6.45) is 0.271. The van der Waals surface area contributed by atoms with Gasteiger partial charge in [-0.25, -0.2) is 9.18 Å². The van der Waals surface area contributed by atoms with Crippen LogP contribution in [0.25, 0.3) is 0 Å². The minimum Gasteiger partial charge on any atom is -0.444 e. The lowest BCUT2D eigenvalue weighted by Gasteiger charge is -2.35. The van der Waals surface area contributed by atoms with Crippen molar-refractivity contribution in [2.45, 2.75) is 39.2 Å². The molecule has 1 aliphatic rings. The molecule has 1 heterocycles. The molecular weight excluding hydrogens is 365 g/mol. The van der Waals surface area contributed by atoms with E-state index in [2.05, 4.69) is 5.32 Å². The van der Waals surface area contributed by atoms with Crippen LogP contribution in [0, 0.1) is 5.82 Å². The number of ether oxygens (including phenoxy) is 1. The second kappa shape index (κ2) is 9.52. The van der Waals surface area contributed by atoms with Gasteiger partial charge in [-0.1, -0.05) is 12.1 Å². The SMILES string of the molecule is CC(C)(C)OC(=O)NCC(=O)N1CCN(C(=O)CCc2ccc(F)cc2)CC1. The number of nitrogens with zero attached hydrogens (tertiary/aromatic N) is 2. The van der Waals surface area contributed by atoms with Crippen LogP contribution in [-0.4, -0.2) is 66.0 Å². The number of halogens is 1. The number of aryl methyl sites for hydroxylation is 1. The molecule has 0 spiro atoms. The summed E-state index contributed by atoms with van der Waals surface area (Å²) in [6, 6.07) is 6.12. The summed E-state index contributed by atoms with van der Waals surface area (Å²) in [6.45, 7) is 6.89. The van der Waals surface area contributed by atoms with Crippen LogP contribution < -0.4 is 5.32 Å². The molecule has 1 N–H and O–H groups in total. The average Bonchev–Trinajstić information content (AvgIpc) is 2.64. The van der Waals surface area contributed by atoms with Crippen LogP contribution in [0.5, 0.6) is 0 Å². The molecule has 7 nitrogen and oxygen atoms in total. The van der Waals surface area contributed by atoms with E-state index in [1.807, 2.05) is 0 Å². The van der Waals surface area contributed by atoms with Gasteiger partial charge in [0.15, 0.2) is 0 Å². The Morgan fingerprint density at radius 2 is 1.54 bits per heavy atom. The molecule has 0 unspecified atom stereocenters. The van der Waals surface area contributed by atoms with E-state index in [1.165, 1.54) is 12.1 Å². The van der Waals surface area contributed by atoms with E-state index in [0.717, 1.165) is 5.56 Å². The van der Waals surface area contributed by atoms with Crippen molar-refractivity contribution in [1.29, 1.82) is 0 Å². The van der Waals surface area contributed by atoms with Gasteiger partial charge >= 0.3 is 6.09 Å². The van der Waals surface area contributed by atoms with Gasteiger partial charge in [-0.05, 0) is 44.9 Å². The molecule has 0 atom stereocenters. The summed E-state index contributed by atoms with van der Waals surface area (Å²) in [7, 11) is 0. The quantitative estimate of drug-likeness (QED) is 0.829. The first-order valence-corrected chi connectivity index (χ1v) is 9.41. The molecule has 1 aromatic carbocycles. The van der Waals surface area contributed by atoms with Crippen molar-refractivity contribution in [1.82, 2.24) is 15.1 Å². The smallest absolute Gasteiger partial charge is 0.408 e. The second-order valence-electron chi connectivity index (χ2n) is 7.74. The molecule has 1 fully saturated rings. The number of hydrogen-bond acceptors (Lipinski definition) is 4. The van der Waals surface area contributed by atoms with Gasteiger partial charge in [-0.2, -0.15) is 0 Å². The zero-order chi connectivity index (χ0) is 20.7. The van der Waals surface area contributed by atoms with Crippen molar-refractivity contribution in [2.24, 2.45) is 0 Å². The van der Waals surface area contributed by atoms with Gasteiger partial charge in [-0.15, -0.1) is 0 Å². The number of carbonyl (C=O) groups excluding carboxylic acids is 3. The summed E-state index contributed by atoms with van der Waals surface area (Å²) in [5.74, 6) is -0.482. The molecule has 154 valence electrons. The Morgan fingerprint density at radius 3 is 2.07 bits per heavy atom. The van der Waals surface area contributed by atoms with Gasteiger partial charge in [0.2, 0.25) is 11.8 Å². The first kappa shape index (κ1) is 21.7. The molecule has 0 aliphatic carbocycles. The maximum absolute atomic E-state index is 12.9. The van der Waals surface area contributed by atoms with E-state index < -0.39 is 11.7 Å². The number of carbonyl (C=O) groups is 3. The largest absolute Gasteiger partial charge is 0.444 e. The van der Waals surface area contributed by atoms with Gasteiger partial charge in [0, 0.05) is 32.6 Å². The molecule has 28 heavy (non-hydrogen) atoms. The van der Waals surface area contributed by atoms with Crippen molar-refractivity contribution in [3.05, 3.63) is 35.6 Å². The van der Waals surface area contributed by atoms with E-state index >= 15 is 0 Å². The minimum atomic E-state index is -0.629. The maximum atomic E-state index is 12.9. The summed E-state index contributed by atoms with van der Waals surface area (Å²) >= 11 is 0. The molecule has 1 saturated heterocycles. The van der Waals surface area contributed by atoms with E-state index in [9.17, 15) is 18.8 Å². The lowest BCUT2D eigenvalue weighted by molar-refractivity contribution is -0.139. The monoisotopic (exact) mass is 393 g/mol. The molecule has 0 saturated carbocycles. The van der Waals surface area contributed by atoms with E-state index in [0.29, 0.717) is 39.0 Å². The van der Waals surface area contributed by atoms with Crippen LogP contribution in [0.3, 0.4) is 0 Å². The predicted molar refractivity (Wildman–Crippen MR) is 102 cm³/mol. The second-order valence-corrected chi connectivity index (χ2v) is 7.74. The van der Waals surface area contributed by atoms with Gasteiger partial charge < -0.3 is 19.9 Å². The highest BCUT2D eigenvalue weighted by molar-refractivity contribution is 5.83. The first-order chi connectivity index (χ1) is 13.1. The van der Waals surface area contributed by atoms with E-state index in [-0.39, 0.29) is 24.2 Å². The lowest BCUT2D eigenvalue weighted by atomic mass is 10.1. The van der Waals surface area contributed by atoms with Crippen molar-refractivity contribution in [2.75, 3.05) is 32.7 Å². The van der Waals surface area contributed by atoms with Crippen LogP contribution in [0.15, 0.2) is 24.3 Å². The van der Waals surface area contributed by atoms with E-state index in [4.69, 9.17) is 4.74 Å². The molecule has 0 radical (unpaired) electrons. The standard InChI is InChI=1S/C20H28FN3O4/c1-20(2,3)28-19(27)22-14-18(26)24-12-10-23(11-13-24)17(25)9-6-15-4-7-16(21)8-5-15/h4-5,7-8H,6,9-14H2,1-3H3,(H,22,27). The Kier molecular flexibility index (Phi) is 7.37. The summed E-state index contributed by atoms with van der Waals surface area (Å²) in [5.41, 5.74) is 0.296. The highest BCUT2D eigenvalue weighted by atomic mass is 19.1. The van der Waals surface area contributed by atoms with E-state index in [1.54, 1.807) is 42.7 Å². The Labute approximate surface area is 164 Å². The fraction of sp³-hybridized carbons (Fsp3) is 0.550. The zero-order valence-corrected chi connectivity index (χ0v) is 16.7. The van der Waals surface area contributed by atoms with Crippen LogP contribution in [0.4, 0.5) is 9.18 Å². The van der Waals surface area contributed by atoms with Crippen LogP contribution in [0.2, 0.25) is 0 Å². The van der Waals surface area contributed by atoms with Crippen LogP contribution >= 0.6 is 0 Å². The number of nitrogens with one attached hydrogen (secondary N) is 1. The van der Waals surface area contributed by atoms with Gasteiger partial charge in [0.1, 0.15) is 18.0 Å². The van der Waals surface area contributed by atoms with Gasteiger partial charge in [0.05, 0.1) is 0 Å². The highest BCUT2D eigenvalue weighted by Crippen LogP contribution is 2.10. The summed E-state index contributed by atoms with van der Waals surface area (Å²) in [5, 5.41) is 2.45. The van der Waals surface area contributed by atoms with Crippen LogP contribution in [-0.2, 0) is 20.7 Å². The number of amides is 3. The first-order valence-electron chi connectivity index (χ1n) is 9.41. The number of hydrogen-bond donors (Lipinski definition) is 1. The highest BCUT2D eigenvalue weighted by Gasteiger charge is 2.24. The van der Waals surface area contributed by atoms with Gasteiger partial charge in [-0.3, -0.25) is 9.59 Å². The van der Waals surface area contributed by atoms with Gasteiger partial charge in [0.25, 0.3) is 0 Å².